The molecule has 5 aromatic heterocycles. The van der Waals surface area contributed by atoms with Crippen molar-refractivity contribution in [3.63, 3.8) is 0 Å². The van der Waals surface area contributed by atoms with Crippen molar-refractivity contribution in [3.8, 4) is 33.8 Å². The Morgan fingerprint density at radius 1 is 0.418 bits per heavy atom. The van der Waals surface area contributed by atoms with Crippen LogP contribution in [0.5, 0.6) is 0 Å². The first-order valence-corrected chi connectivity index (χ1v) is 19.4. The van der Waals surface area contributed by atoms with Crippen LogP contribution in [0.4, 0.5) is 0 Å². The van der Waals surface area contributed by atoms with E-state index in [1.165, 1.54) is 69.6 Å². The maximum absolute atomic E-state index is 5.15. The number of hydrogen-bond acceptors (Lipinski definition) is 3. The van der Waals surface area contributed by atoms with Gasteiger partial charge in [-0.3, -0.25) is 4.57 Å². The van der Waals surface area contributed by atoms with Gasteiger partial charge >= 0.3 is 0 Å². The molecule has 12 aromatic rings. The minimum Gasteiger partial charge on any atom is -0.309 e. The first-order valence-electron chi connectivity index (χ1n) is 18.6. The molecule has 0 aliphatic heterocycles. The highest BCUT2D eigenvalue weighted by atomic mass is 32.1. The molecule has 0 N–H and O–H groups in total. The molecule has 0 radical (unpaired) electrons. The largest absolute Gasteiger partial charge is 0.309 e. The van der Waals surface area contributed by atoms with E-state index in [-0.39, 0.29) is 0 Å². The fourth-order valence-corrected chi connectivity index (χ4v) is 9.98. The third kappa shape index (κ3) is 4.51. The van der Waals surface area contributed by atoms with E-state index < -0.39 is 0 Å². The zero-order valence-electron chi connectivity index (χ0n) is 29.5. The molecule has 55 heavy (non-hydrogen) atoms. The Morgan fingerprint density at radius 3 is 1.82 bits per heavy atom. The van der Waals surface area contributed by atoms with Gasteiger partial charge in [0.15, 0.2) is 5.65 Å². The molecular formula is C50H30N4S. The summed E-state index contributed by atoms with van der Waals surface area (Å²) >= 11 is 1.88. The van der Waals surface area contributed by atoms with Crippen LogP contribution >= 0.6 is 11.3 Å². The molecular weight excluding hydrogens is 689 g/mol. The van der Waals surface area contributed by atoms with Gasteiger partial charge < -0.3 is 4.57 Å². The Balaban J connectivity index is 1.11. The van der Waals surface area contributed by atoms with Gasteiger partial charge in [0.2, 0.25) is 0 Å². The lowest BCUT2D eigenvalue weighted by Crippen LogP contribution is -1.99. The molecule has 0 aliphatic carbocycles. The van der Waals surface area contributed by atoms with Crippen LogP contribution in [-0.4, -0.2) is 19.1 Å². The summed E-state index contributed by atoms with van der Waals surface area (Å²) in [5.74, 6) is 0.851. The summed E-state index contributed by atoms with van der Waals surface area (Å²) in [4.78, 5) is 9.99. The number of fused-ring (bicyclic) bond motifs is 10. The standard InChI is InChI=1S/C50H30N4S/c1-2-12-31(13-3-1)34-28-33-23-27-47(52-50(33)51-30-34)54-43-20-10-6-16-37(43)40-29-32(22-25-44(40)54)48-45(26-24-39-38-17-7-11-21-46(38)55-49(39)48)53-41-18-8-4-14-35(41)36-15-5-9-19-42(36)53/h1-30H. The molecule has 0 saturated carbocycles. The van der Waals surface area contributed by atoms with Crippen LogP contribution in [0.15, 0.2) is 182 Å². The summed E-state index contributed by atoms with van der Waals surface area (Å²) in [7, 11) is 0. The second-order valence-electron chi connectivity index (χ2n) is 14.2. The number of para-hydroxylation sites is 3. The van der Waals surface area contributed by atoms with E-state index in [0.717, 1.165) is 39.0 Å². The van der Waals surface area contributed by atoms with Crippen LogP contribution in [0.3, 0.4) is 0 Å². The average molecular weight is 719 g/mol. The number of aromatic nitrogens is 4. The molecule has 12 rings (SSSR count). The van der Waals surface area contributed by atoms with Crippen LogP contribution in [0, 0.1) is 0 Å². The molecule has 256 valence electrons. The SMILES string of the molecule is c1ccc(-c2cnc3nc(-n4c5ccccc5c5cc(-c6c(-n7c8ccccc8c8ccccc87)ccc7c6sc6ccccc67)ccc54)ccc3c2)cc1. The van der Waals surface area contributed by atoms with E-state index in [1.54, 1.807) is 0 Å². The Bertz CT molecular complexity index is 3440. The van der Waals surface area contributed by atoms with E-state index in [2.05, 4.69) is 179 Å². The fourth-order valence-electron chi connectivity index (χ4n) is 8.71. The van der Waals surface area contributed by atoms with Crippen molar-refractivity contribution in [3.05, 3.63) is 182 Å². The number of pyridine rings is 2. The highest BCUT2D eigenvalue weighted by Crippen LogP contribution is 2.46. The van der Waals surface area contributed by atoms with E-state index in [0.29, 0.717) is 0 Å². The molecule has 0 atom stereocenters. The number of hydrogen-bond donors (Lipinski definition) is 0. The van der Waals surface area contributed by atoms with Crippen LogP contribution < -0.4 is 0 Å². The monoisotopic (exact) mass is 718 g/mol. The lowest BCUT2D eigenvalue weighted by Gasteiger charge is -2.16. The van der Waals surface area contributed by atoms with Crippen LogP contribution in [0.25, 0.3) is 109 Å². The van der Waals surface area contributed by atoms with Crippen molar-refractivity contribution in [1.29, 1.82) is 0 Å². The van der Waals surface area contributed by atoms with Crippen LogP contribution in [-0.2, 0) is 0 Å². The minimum absolute atomic E-state index is 0.729. The van der Waals surface area contributed by atoms with Gasteiger partial charge in [0, 0.05) is 64.4 Å². The first kappa shape index (κ1) is 30.4. The predicted molar refractivity (Wildman–Crippen MR) is 232 cm³/mol. The zero-order chi connectivity index (χ0) is 36.0. The van der Waals surface area contributed by atoms with Gasteiger partial charge in [-0.15, -0.1) is 11.3 Å². The maximum atomic E-state index is 5.15. The van der Waals surface area contributed by atoms with Gasteiger partial charge in [0.1, 0.15) is 5.82 Å². The van der Waals surface area contributed by atoms with E-state index in [4.69, 9.17) is 9.97 Å². The molecule has 5 heteroatoms. The smallest absolute Gasteiger partial charge is 0.161 e. The molecule has 5 heterocycles. The molecule has 0 amide bonds. The predicted octanol–water partition coefficient (Wildman–Crippen LogP) is 13.5. The quantitative estimate of drug-likeness (QED) is 0.182. The molecule has 0 fully saturated rings. The van der Waals surface area contributed by atoms with Gasteiger partial charge in [0.25, 0.3) is 0 Å². The molecule has 0 aliphatic rings. The van der Waals surface area contributed by atoms with Gasteiger partial charge in [0.05, 0.1) is 27.8 Å². The summed E-state index contributed by atoms with van der Waals surface area (Å²) < 4.78 is 7.34. The lowest BCUT2D eigenvalue weighted by atomic mass is 9.98. The highest BCUT2D eigenvalue weighted by Gasteiger charge is 2.22. The first-order chi connectivity index (χ1) is 27.3. The summed E-state index contributed by atoms with van der Waals surface area (Å²) in [6.07, 6.45) is 1.93. The lowest BCUT2D eigenvalue weighted by molar-refractivity contribution is 1.09. The fraction of sp³-hybridized carbons (Fsp3) is 0. The third-order valence-electron chi connectivity index (χ3n) is 11.2. The molecule has 0 bridgehead atoms. The summed E-state index contributed by atoms with van der Waals surface area (Å²) in [5.41, 5.74) is 11.2. The Morgan fingerprint density at radius 2 is 1.05 bits per heavy atom. The summed E-state index contributed by atoms with van der Waals surface area (Å²) in [5, 5.41) is 8.49. The van der Waals surface area contributed by atoms with E-state index >= 15 is 0 Å². The molecule has 0 spiro atoms. The van der Waals surface area contributed by atoms with Crippen LogP contribution in [0.1, 0.15) is 0 Å². The van der Waals surface area contributed by atoms with Gasteiger partial charge in [-0.1, -0.05) is 115 Å². The van der Waals surface area contributed by atoms with Crippen molar-refractivity contribution in [2.24, 2.45) is 0 Å². The second kappa shape index (κ2) is 11.7. The number of rotatable bonds is 4. The Kier molecular flexibility index (Phi) is 6.47. The highest BCUT2D eigenvalue weighted by molar-refractivity contribution is 7.26. The maximum Gasteiger partial charge on any atom is 0.161 e. The third-order valence-corrected chi connectivity index (χ3v) is 12.4. The van der Waals surface area contributed by atoms with Crippen molar-refractivity contribution in [2.45, 2.75) is 0 Å². The number of thiophene rings is 1. The molecule has 0 saturated heterocycles. The average Bonchev–Trinajstić information content (AvgIpc) is 3.91. The van der Waals surface area contributed by atoms with Crippen LogP contribution in [0.2, 0.25) is 0 Å². The van der Waals surface area contributed by atoms with Crippen molar-refractivity contribution in [1.82, 2.24) is 19.1 Å². The number of nitrogens with zero attached hydrogens (tertiary/aromatic N) is 4. The summed E-state index contributed by atoms with van der Waals surface area (Å²) in [6, 6.07) is 63.5. The minimum atomic E-state index is 0.729. The molecule has 4 nitrogen and oxygen atoms in total. The van der Waals surface area contributed by atoms with Crippen molar-refractivity contribution < 1.29 is 0 Å². The zero-order valence-corrected chi connectivity index (χ0v) is 30.3. The van der Waals surface area contributed by atoms with E-state index in [1.807, 2.05) is 23.6 Å². The summed E-state index contributed by atoms with van der Waals surface area (Å²) in [6.45, 7) is 0. The molecule has 0 unspecified atom stereocenters. The Labute approximate surface area is 319 Å². The van der Waals surface area contributed by atoms with Gasteiger partial charge in [-0.05, 0) is 71.8 Å². The Hall–Kier alpha value is -7.08. The van der Waals surface area contributed by atoms with Crippen molar-refractivity contribution in [2.75, 3.05) is 0 Å². The van der Waals surface area contributed by atoms with Gasteiger partial charge in [-0.25, -0.2) is 9.97 Å². The normalized spacial score (nSPS) is 12.0. The molecule has 7 aromatic carbocycles. The van der Waals surface area contributed by atoms with Gasteiger partial charge in [-0.2, -0.15) is 0 Å². The number of benzene rings is 7. The van der Waals surface area contributed by atoms with Crippen molar-refractivity contribution >= 4 is 86.2 Å². The second-order valence-corrected chi connectivity index (χ2v) is 15.2. The van der Waals surface area contributed by atoms with E-state index in [9.17, 15) is 0 Å². The topological polar surface area (TPSA) is 35.6 Å².